The maximum absolute atomic E-state index is 13.6. The van der Waals surface area contributed by atoms with Crippen molar-refractivity contribution in [1.29, 1.82) is 5.26 Å². The summed E-state index contributed by atoms with van der Waals surface area (Å²) >= 11 is 0. The summed E-state index contributed by atoms with van der Waals surface area (Å²) in [4.78, 5) is 0. The van der Waals surface area contributed by atoms with Crippen LogP contribution in [0.4, 0.5) is 4.39 Å². The first-order valence-electron chi connectivity index (χ1n) is 5.71. The number of benzene rings is 1. The lowest BCUT2D eigenvalue weighted by atomic mass is 10.1. The standard InChI is InChI=1S/C13H17FN2O/c1-3-7-16-10(2)11-4-5-13(12(14)9-11)17-8-6-15/h4-5,9-10,16H,3,7-8H2,1-2H3. The quantitative estimate of drug-likeness (QED) is 0.826. The minimum Gasteiger partial charge on any atom is -0.476 e. The molecule has 17 heavy (non-hydrogen) atoms. The Morgan fingerprint density at radius 2 is 2.29 bits per heavy atom. The lowest BCUT2D eigenvalue weighted by molar-refractivity contribution is 0.345. The number of ether oxygens (including phenoxy) is 1. The van der Waals surface area contributed by atoms with Gasteiger partial charge in [0.1, 0.15) is 6.07 Å². The van der Waals surface area contributed by atoms with E-state index in [1.165, 1.54) is 6.07 Å². The minimum atomic E-state index is -0.428. The second-order valence-electron chi connectivity index (χ2n) is 3.81. The molecule has 92 valence electrons. The van der Waals surface area contributed by atoms with E-state index >= 15 is 0 Å². The van der Waals surface area contributed by atoms with Crippen LogP contribution in [-0.2, 0) is 0 Å². The number of rotatable bonds is 6. The van der Waals surface area contributed by atoms with Gasteiger partial charge in [0.05, 0.1) is 0 Å². The van der Waals surface area contributed by atoms with E-state index in [1.54, 1.807) is 6.07 Å². The maximum atomic E-state index is 13.6. The Bertz CT molecular complexity index is 401. The van der Waals surface area contributed by atoms with Gasteiger partial charge in [0.2, 0.25) is 0 Å². The second kappa shape index (κ2) is 6.87. The van der Waals surface area contributed by atoms with Crippen LogP contribution in [0.3, 0.4) is 0 Å². The summed E-state index contributed by atoms with van der Waals surface area (Å²) in [6, 6.07) is 6.73. The fourth-order valence-electron chi connectivity index (χ4n) is 1.49. The molecule has 0 spiro atoms. The van der Waals surface area contributed by atoms with E-state index in [1.807, 2.05) is 19.1 Å². The summed E-state index contributed by atoms with van der Waals surface area (Å²) in [6.45, 7) is 4.83. The van der Waals surface area contributed by atoms with Crippen LogP contribution in [0.2, 0.25) is 0 Å². The van der Waals surface area contributed by atoms with Crippen molar-refractivity contribution >= 4 is 0 Å². The molecule has 0 radical (unpaired) electrons. The van der Waals surface area contributed by atoms with Crippen molar-refractivity contribution in [2.24, 2.45) is 0 Å². The van der Waals surface area contributed by atoms with Gasteiger partial charge >= 0.3 is 0 Å². The molecular weight excluding hydrogens is 219 g/mol. The van der Waals surface area contributed by atoms with E-state index in [0.717, 1.165) is 18.5 Å². The summed E-state index contributed by atoms with van der Waals surface area (Å²) in [5.74, 6) is -0.305. The van der Waals surface area contributed by atoms with Crippen LogP contribution in [0.5, 0.6) is 5.75 Å². The number of nitriles is 1. The zero-order valence-corrected chi connectivity index (χ0v) is 10.2. The smallest absolute Gasteiger partial charge is 0.174 e. The molecule has 4 heteroatoms. The van der Waals surface area contributed by atoms with Crippen molar-refractivity contribution in [2.45, 2.75) is 26.3 Å². The molecule has 0 bridgehead atoms. The van der Waals surface area contributed by atoms with Crippen molar-refractivity contribution in [3.05, 3.63) is 29.6 Å². The van der Waals surface area contributed by atoms with Gasteiger partial charge < -0.3 is 10.1 Å². The number of hydrogen-bond donors (Lipinski definition) is 1. The van der Waals surface area contributed by atoms with Gasteiger partial charge in [-0.3, -0.25) is 0 Å². The van der Waals surface area contributed by atoms with Gasteiger partial charge in [0.25, 0.3) is 0 Å². The van der Waals surface area contributed by atoms with Gasteiger partial charge in [-0.2, -0.15) is 5.26 Å². The first-order chi connectivity index (χ1) is 8.19. The molecule has 3 nitrogen and oxygen atoms in total. The Balaban J connectivity index is 2.71. The van der Waals surface area contributed by atoms with Crippen LogP contribution in [-0.4, -0.2) is 13.2 Å². The zero-order chi connectivity index (χ0) is 12.7. The molecule has 0 aromatic heterocycles. The number of nitrogens with one attached hydrogen (secondary N) is 1. The van der Waals surface area contributed by atoms with Gasteiger partial charge in [-0.1, -0.05) is 13.0 Å². The highest BCUT2D eigenvalue weighted by Crippen LogP contribution is 2.21. The summed E-state index contributed by atoms with van der Waals surface area (Å²) in [7, 11) is 0. The van der Waals surface area contributed by atoms with E-state index in [4.69, 9.17) is 10.00 Å². The molecule has 1 unspecified atom stereocenters. The predicted molar refractivity (Wildman–Crippen MR) is 64.2 cm³/mol. The molecule has 0 heterocycles. The first-order valence-corrected chi connectivity index (χ1v) is 5.71. The van der Waals surface area contributed by atoms with Crippen molar-refractivity contribution in [2.75, 3.05) is 13.2 Å². The van der Waals surface area contributed by atoms with Gasteiger partial charge in [-0.05, 0) is 37.6 Å². The van der Waals surface area contributed by atoms with E-state index < -0.39 is 5.82 Å². The van der Waals surface area contributed by atoms with Gasteiger partial charge in [-0.25, -0.2) is 4.39 Å². The average Bonchev–Trinajstić information content (AvgIpc) is 2.34. The van der Waals surface area contributed by atoms with E-state index in [9.17, 15) is 4.39 Å². The normalized spacial score (nSPS) is 11.9. The molecule has 1 atom stereocenters. The fourth-order valence-corrected chi connectivity index (χ4v) is 1.49. The Morgan fingerprint density at radius 3 is 2.88 bits per heavy atom. The fraction of sp³-hybridized carbons (Fsp3) is 0.462. The highest BCUT2D eigenvalue weighted by Gasteiger charge is 2.09. The Morgan fingerprint density at radius 1 is 1.53 bits per heavy atom. The highest BCUT2D eigenvalue weighted by atomic mass is 19.1. The topological polar surface area (TPSA) is 45.0 Å². The van der Waals surface area contributed by atoms with Crippen molar-refractivity contribution in [3.63, 3.8) is 0 Å². The van der Waals surface area contributed by atoms with Crippen LogP contribution in [0, 0.1) is 17.1 Å². The summed E-state index contributed by atoms with van der Waals surface area (Å²) in [6.07, 6.45) is 1.04. The van der Waals surface area contributed by atoms with Gasteiger partial charge in [0.15, 0.2) is 18.2 Å². The van der Waals surface area contributed by atoms with E-state index in [2.05, 4.69) is 12.2 Å². The minimum absolute atomic E-state index is 0.106. The molecule has 1 aromatic rings. The Labute approximate surface area is 101 Å². The molecule has 1 aromatic carbocycles. The van der Waals surface area contributed by atoms with Gasteiger partial charge in [-0.15, -0.1) is 0 Å². The van der Waals surface area contributed by atoms with Crippen molar-refractivity contribution in [3.8, 4) is 11.8 Å². The van der Waals surface area contributed by atoms with Crippen molar-refractivity contribution < 1.29 is 9.13 Å². The molecule has 0 aliphatic heterocycles. The monoisotopic (exact) mass is 236 g/mol. The molecule has 1 rings (SSSR count). The van der Waals surface area contributed by atoms with Crippen LogP contribution in [0.15, 0.2) is 18.2 Å². The molecule has 0 amide bonds. The number of halogens is 1. The van der Waals surface area contributed by atoms with Crippen LogP contribution in [0.25, 0.3) is 0 Å². The Hall–Kier alpha value is -1.60. The first kappa shape index (κ1) is 13.5. The van der Waals surface area contributed by atoms with Crippen LogP contribution in [0.1, 0.15) is 31.9 Å². The third-order valence-corrected chi connectivity index (χ3v) is 2.45. The average molecular weight is 236 g/mol. The van der Waals surface area contributed by atoms with Crippen molar-refractivity contribution in [1.82, 2.24) is 5.32 Å². The predicted octanol–water partition coefficient (Wildman–Crippen LogP) is 2.79. The molecule has 1 N–H and O–H groups in total. The van der Waals surface area contributed by atoms with Crippen LogP contribution < -0.4 is 10.1 Å². The molecule has 0 fully saturated rings. The molecule has 0 saturated heterocycles. The highest BCUT2D eigenvalue weighted by molar-refractivity contribution is 5.31. The largest absolute Gasteiger partial charge is 0.476 e. The SMILES string of the molecule is CCCNC(C)c1ccc(OCC#N)c(F)c1. The molecular formula is C13H17FN2O. The molecule has 0 saturated carbocycles. The lowest BCUT2D eigenvalue weighted by Crippen LogP contribution is -2.19. The zero-order valence-electron chi connectivity index (χ0n) is 10.2. The number of nitrogens with zero attached hydrogens (tertiary/aromatic N) is 1. The van der Waals surface area contributed by atoms with Crippen LogP contribution >= 0.6 is 0 Å². The number of hydrogen-bond acceptors (Lipinski definition) is 3. The third-order valence-electron chi connectivity index (χ3n) is 2.45. The summed E-state index contributed by atoms with van der Waals surface area (Å²) in [5, 5.41) is 11.6. The van der Waals surface area contributed by atoms with E-state index in [-0.39, 0.29) is 18.4 Å². The molecule has 0 aliphatic carbocycles. The summed E-state index contributed by atoms with van der Waals surface area (Å²) in [5.41, 5.74) is 0.875. The lowest BCUT2D eigenvalue weighted by Gasteiger charge is -2.14. The molecule has 0 aliphatic rings. The van der Waals surface area contributed by atoms with E-state index in [0.29, 0.717) is 0 Å². The van der Waals surface area contributed by atoms with Gasteiger partial charge in [0, 0.05) is 6.04 Å². The Kier molecular flexibility index (Phi) is 5.44. The maximum Gasteiger partial charge on any atom is 0.174 e. The third kappa shape index (κ3) is 4.04. The summed E-state index contributed by atoms with van der Waals surface area (Å²) < 4.78 is 18.5. The second-order valence-corrected chi connectivity index (χ2v) is 3.81.